The van der Waals surface area contributed by atoms with Gasteiger partial charge in [-0.1, -0.05) is 48.5 Å². The summed E-state index contributed by atoms with van der Waals surface area (Å²) in [6.45, 7) is 0. The summed E-state index contributed by atoms with van der Waals surface area (Å²) < 4.78 is 11.1. The molecule has 3 rings (SSSR count). The van der Waals surface area contributed by atoms with E-state index in [2.05, 4.69) is 0 Å². The molecule has 3 nitrogen and oxygen atoms in total. The highest BCUT2D eigenvalue weighted by molar-refractivity contribution is 5.92. The van der Waals surface area contributed by atoms with Gasteiger partial charge in [-0.2, -0.15) is 0 Å². The molecule has 0 N–H and O–H groups in total. The summed E-state index contributed by atoms with van der Waals surface area (Å²) in [6.07, 6.45) is 0.523. The molecule has 1 heterocycles. The van der Waals surface area contributed by atoms with Gasteiger partial charge in [0.25, 0.3) is 0 Å². The van der Waals surface area contributed by atoms with Gasteiger partial charge in [-0.05, 0) is 11.6 Å². The summed E-state index contributed by atoms with van der Waals surface area (Å²) in [4.78, 5) is 12.1. The summed E-state index contributed by atoms with van der Waals surface area (Å²) in [7, 11) is 1.56. The molecule has 0 aliphatic carbocycles. The van der Waals surface area contributed by atoms with Crippen LogP contribution < -0.4 is 0 Å². The van der Waals surface area contributed by atoms with E-state index in [0.717, 1.165) is 11.1 Å². The number of esters is 1. The minimum Gasteiger partial charge on any atom is -0.425 e. The molecule has 1 aliphatic heterocycles. The van der Waals surface area contributed by atoms with E-state index in [9.17, 15) is 4.79 Å². The monoisotopic (exact) mass is 254 g/mol. The van der Waals surface area contributed by atoms with Crippen molar-refractivity contribution < 1.29 is 14.3 Å². The van der Waals surface area contributed by atoms with Crippen molar-refractivity contribution in [1.82, 2.24) is 0 Å². The second kappa shape index (κ2) is 4.52. The number of methoxy groups -OCH3 is 1. The number of hydrogen-bond acceptors (Lipinski definition) is 3. The molecule has 0 saturated heterocycles. The van der Waals surface area contributed by atoms with Gasteiger partial charge in [-0.25, -0.2) is 4.79 Å². The lowest BCUT2D eigenvalue weighted by Crippen LogP contribution is -2.40. The number of carbonyl (C=O) groups excluding carboxylic acids is 1. The Labute approximate surface area is 111 Å². The Morgan fingerprint density at radius 2 is 1.74 bits per heavy atom. The number of carbonyl (C=O) groups is 1. The molecule has 0 bridgehead atoms. The smallest absolute Gasteiger partial charge is 0.341 e. The van der Waals surface area contributed by atoms with Gasteiger partial charge < -0.3 is 9.47 Å². The Hall–Kier alpha value is -2.13. The summed E-state index contributed by atoms with van der Waals surface area (Å²) in [5.41, 5.74) is 2.41. The lowest BCUT2D eigenvalue weighted by molar-refractivity contribution is -0.199. The molecule has 1 aliphatic rings. The maximum atomic E-state index is 12.1. The summed E-state index contributed by atoms with van der Waals surface area (Å²) in [5.74, 6) is -1.36. The summed E-state index contributed by atoms with van der Waals surface area (Å²) in [6, 6.07) is 17.0. The third-order valence-corrected chi connectivity index (χ3v) is 3.46. The molecule has 0 spiro atoms. The zero-order valence-electron chi connectivity index (χ0n) is 10.6. The van der Waals surface area contributed by atoms with Gasteiger partial charge >= 0.3 is 5.97 Å². The third-order valence-electron chi connectivity index (χ3n) is 3.46. The Bertz CT molecular complexity index is 606. The molecule has 1 atom stereocenters. The molecule has 0 saturated carbocycles. The first-order valence-corrected chi connectivity index (χ1v) is 6.17. The first-order chi connectivity index (χ1) is 9.25. The first kappa shape index (κ1) is 11.9. The number of benzene rings is 2. The Kier molecular flexibility index (Phi) is 2.84. The van der Waals surface area contributed by atoms with Crippen LogP contribution in [0.15, 0.2) is 54.6 Å². The maximum absolute atomic E-state index is 12.1. The molecular formula is C16H14O3. The van der Waals surface area contributed by atoms with E-state index in [1.165, 1.54) is 0 Å². The largest absolute Gasteiger partial charge is 0.425 e. The topological polar surface area (TPSA) is 35.5 Å². The van der Waals surface area contributed by atoms with Gasteiger partial charge in [-0.3, -0.25) is 0 Å². The van der Waals surface area contributed by atoms with Crippen LogP contribution in [0, 0.1) is 0 Å². The fourth-order valence-electron chi connectivity index (χ4n) is 2.45. The van der Waals surface area contributed by atoms with Crippen molar-refractivity contribution in [3.8, 4) is 0 Å². The zero-order chi connectivity index (χ0) is 13.3. The zero-order valence-corrected chi connectivity index (χ0v) is 10.6. The van der Waals surface area contributed by atoms with E-state index in [4.69, 9.17) is 9.47 Å². The quantitative estimate of drug-likeness (QED) is 0.773. The number of hydrogen-bond donors (Lipinski definition) is 0. The minimum atomic E-state index is -1.02. The highest BCUT2D eigenvalue weighted by Gasteiger charge is 2.42. The Morgan fingerprint density at radius 1 is 1.05 bits per heavy atom. The lowest BCUT2D eigenvalue weighted by atomic mass is 9.91. The molecule has 0 fully saturated rings. The molecule has 0 amide bonds. The van der Waals surface area contributed by atoms with Crippen LogP contribution in [0.5, 0.6) is 0 Å². The van der Waals surface area contributed by atoms with Crippen LogP contribution >= 0.6 is 0 Å². The average Bonchev–Trinajstić information content (AvgIpc) is 2.48. The highest BCUT2D eigenvalue weighted by Crippen LogP contribution is 2.36. The van der Waals surface area contributed by atoms with Crippen molar-refractivity contribution in [2.24, 2.45) is 0 Å². The first-order valence-electron chi connectivity index (χ1n) is 6.17. The van der Waals surface area contributed by atoms with Crippen molar-refractivity contribution in [1.29, 1.82) is 0 Å². The molecular weight excluding hydrogens is 240 g/mol. The van der Waals surface area contributed by atoms with Crippen LogP contribution in [-0.2, 0) is 21.7 Å². The Balaban J connectivity index is 2.09. The number of fused-ring (bicyclic) bond motifs is 1. The normalized spacial score (nSPS) is 21.6. The van der Waals surface area contributed by atoms with Crippen molar-refractivity contribution >= 4 is 5.97 Å². The molecule has 0 radical (unpaired) electrons. The highest BCUT2D eigenvalue weighted by atomic mass is 16.7. The molecule has 2 aromatic carbocycles. The molecule has 1 unspecified atom stereocenters. The number of rotatable bonds is 2. The van der Waals surface area contributed by atoms with Gasteiger partial charge in [0.05, 0.1) is 5.56 Å². The van der Waals surface area contributed by atoms with Crippen LogP contribution in [0.3, 0.4) is 0 Å². The van der Waals surface area contributed by atoms with E-state index >= 15 is 0 Å². The predicted molar refractivity (Wildman–Crippen MR) is 70.7 cm³/mol. The van der Waals surface area contributed by atoms with Gasteiger partial charge in [0.1, 0.15) is 0 Å². The molecule has 19 heavy (non-hydrogen) atoms. The van der Waals surface area contributed by atoms with Crippen molar-refractivity contribution in [2.75, 3.05) is 7.11 Å². The third kappa shape index (κ3) is 1.92. The second-order valence-corrected chi connectivity index (χ2v) is 4.55. The van der Waals surface area contributed by atoms with E-state index in [0.29, 0.717) is 12.0 Å². The van der Waals surface area contributed by atoms with E-state index < -0.39 is 5.79 Å². The van der Waals surface area contributed by atoms with Gasteiger partial charge in [0.2, 0.25) is 5.79 Å². The van der Waals surface area contributed by atoms with Gasteiger partial charge in [0.15, 0.2) is 0 Å². The van der Waals surface area contributed by atoms with E-state index in [-0.39, 0.29) is 5.97 Å². The summed E-state index contributed by atoms with van der Waals surface area (Å²) >= 11 is 0. The van der Waals surface area contributed by atoms with Gasteiger partial charge in [-0.15, -0.1) is 0 Å². The molecule has 3 heteroatoms. The number of cyclic esters (lactones) is 1. The van der Waals surface area contributed by atoms with Crippen molar-refractivity contribution in [3.05, 3.63) is 71.3 Å². The predicted octanol–water partition coefficient (Wildman–Crippen LogP) is 2.90. The van der Waals surface area contributed by atoms with Crippen LogP contribution in [0.25, 0.3) is 0 Å². The van der Waals surface area contributed by atoms with E-state index in [1.54, 1.807) is 13.2 Å². The fraction of sp³-hybridized carbons (Fsp3) is 0.188. The van der Waals surface area contributed by atoms with Crippen LogP contribution in [0.1, 0.15) is 21.5 Å². The molecule has 96 valence electrons. The average molecular weight is 254 g/mol. The van der Waals surface area contributed by atoms with Gasteiger partial charge in [0, 0.05) is 19.1 Å². The standard InChI is InChI=1S/C16H14O3/c1-18-16(13-8-3-2-4-9-13)11-12-7-5-6-10-14(12)15(17)19-16/h2-10H,11H2,1H3. The van der Waals surface area contributed by atoms with Crippen LogP contribution in [-0.4, -0.2) is 13.1 Å². The molecule has 2 aromatic rings. The van der Waals surface area contributed by atoms with Crippen molar-refractivity contribution in [2.45, 2.75) is 12.2 Å². The summed E-state index contributed by atoms with van der Waals surface area (Å²) in [5, 5.41) is 0. The van der Waals surface area contributed by atoms with Crippen LogP contribution in [0.4, 0.5) is 0 Å². The Morgan fingerprint density at radius 3 is 2.47 bits per heavy atom. The SMILES string of the molecule is COC1(c2ccccc2)Cc2ccccc2C(=O)O1. The minimum absolute atomic E-state index is 0.340. The lowest BCUT2D eigenvalue weighted by Gasteiger charge is -2.36. The molecule has 0 aromatic heterocycles. The van der Waals surface area contributed by atoms with Crippen LogP contribution in [0.2, 0.25) is 0 Å². The second-order valence-electron chi connectivity index (χ2n) is 4.55. The number of ether oxygens (including phenoxy) is 2. The van der Waals surface area contributed by atoms with E-state index in [1.807, 2.05) is 48.5 Å². The van der Waals surface area contributed by atoms with Crippen molar-refractivity contribution in [3.63, 3.8) is 0 Å². The maximum Gasteiger partial charge on any atom is 0.341 e. The fourth-order valence-corrected chi connectivity index (χ4v) is 2.45.